The smallest absolute Gasteiger partial charge is 0.181 e. The molecule has 4 heteroatoms. The highest BCUT2D eigenvalue weighted by atomic mass is 35.5. The normalized spacial score (nSPS) is 9.73. The topological polar surface area (TPSA) is 17.1 Å². The molecule has 0 N–H and O–H groups in total. The average molecular weight is 207 g/mol. The maximum Gasteiger partial charge on any atom is 0.181 e. The molecule has 1 nitrogen and oxygen atoms in total. The molecule has 0 aliphatic heterocycles. The highest BCUT2D eigenvalue weighted by molar-refractivity contribution is 7.41. The van der Waals surface area contributed by atoms with E-state index in [1.165, 1.54) is 0 Å². The summed E-state index contributed by atoms with van der Waals surface area (Å²) in [6.45, 7) is 0. The number of rotatable bonds is 1. The summed E-state index contributed by atoms with van der Waals surface area (Å²) < 4.78 is 0. The van der Waals surface area contributed by atoms with Crippen molar-refractivity contribution in [1.82, 2.24) is 0 Å². The van der Waals surface area contributed by atoms with Gasteiger partial charge in [-0.2, -0.15) is 0 Å². The zero-order chi connectivity index (χ0) is 8.43. The zero-order valence-electron chi connectivity index (χ0n) is 5.47. The lowest BCUT2D eigenvalue weighted by molar-refractivity contribution is 0.108. The number of halogens is 2. The molecule has 1 aromatic carbocycles. The Kier molecular flexibility index (Phi) is 2.89. The van der Waals surface area contributed by atoms with E-state index in [2.05, 4.69) is 0 Å². The monoisotopic (exact) mass is 206 g/mol. The zero-order valence-corrected chi connectivity index (χ0v) is 8.14. The van der Waals surface area contributed by atoms with Crippen LogP contribution >= 0.6 is 32.4 Å². The Balaban J connectivity index is 3.32. The molecule has 0 heterocycles. The van der Waals surface area contributed by atoms with Gasteiger partial charge in [0.15, 0.2) is 5.52 Å². The van der Waals surface area contributed by atoms with Gasteiger partial charge in [-0.15, -0.1) is 0 Å². The fourth-order valence-electron chi connectivity index (χ4n) is 0.733. The van der Waals surface area contributed by atoms with Gasteiger partial charge in [0, 0.05) is 0 Å². The minimum atomic E-state index is -0.194. The first-order chi connectivity index (χ1) is 5.13. The lowest BCUT2D eigenvalue weighted by atomic mass is 10.2. The molecule has 0 amide bonds. The van der Waals surface area contributed by atoms with Crippen LogP contribution in [0.1, 0.15) is 10.4 Å². The van der Waals surface area contributed by atoms with Crippen molar-refractivity contribution in [2.24, 2.45) is 0 Å². The molecule has 0 fully saturated rings. The highest BCUT2D eigenvalue weighted by Gasteiger charge is 2.08. The first kappa shape index (κ1) is 8.99. The molecule has 0 bridgehead atoms. The summed E-state index contributed by atoms with van der Waals surface area (Å²) >= 11 is 11.4. The molecule has 0 aliphatic carbocycles. The highest BCUT2D eigenvalue weighted by Crippen LogP contribution is 2.25. The third-order valence-corrected chi connectivity index (χ3v) is 2.13. The van der Waals surface area contributed by atoms with Crippen molar-refractivity contribution in [2.45, 2.75) is 0 Å². The van der Waals surface area contributed by atoms with Crippen LogP contribution in [0.2, 0.25) is 10.0 Å². The number of carbonyl (C=O) groups excluding carboxylic acids is 1. The lowest BCUT2D eigenvalue weighted by Gasteiger charge is -2.00. The Morgan fingerprint density at radius 2 is 1.73 bits per heavy atom. The Bertz CT molecular complexity index is 278. The van der Waals surface area contributed by atoms with Crippen molar-refractivity contribution in [3.8, 4) is 0 Å². The van der Waals surface area contributed by atoms with Gasteiger partial charge in [0.1, 0.15) is 0 Å². The van der Waals surface area contributed by atoms with Gasteiger partial charge < -0.3 is 0 Å². The molecule has 0 aliphatic rings. The molecule has 0 saturated heterocycles. The molecular weight excluding hydrogens is 202 g/mol. The lowest BCUT2D eigenvalue weighted by Crippen LogP contribution is -1.90. The minimum absolute atomic E-state index is 0.194. The van der Waals surface area contributed by atoms with Crippen LogP contribution in [0.25, 0.3) is 0 Å². The van der Waals surface area contributed by atoms with E-state index in [-0.39, 0.29) is 5.52 Å². The molecule has 1 unspecified atom stereocenters. The fourth-order valence-corrected chi connectivity index (χ4v) is 1.81. The van der Waals surface area contributed by atoms with Crippen LogP contribution in [0.3, 0.4) is 0 Å². The number of benzene rings is 1. The molecule has 1 aromatic rings. The maximum absolute atomic E-state index is 10.9. The van der Waals surface area contributed by atoms with E-state index in [0.717, 1.165) is 0 Å². The molecule has 1 rings (SSSR count). The summed E-state index contributed by atoms with van der Waals surface area (Å²) in [7, 11) is 2.03. The molecule has 0 aromatic heterocycles. The van der Waals surface area contributed by atoms with E-state index < -0.39 is 0 Å². The van der Waals surface area contributed by atoms with Crippen LogP contribution in [0.4, 0.5) is 0 Å². The van der Waals surface area contributed by atoms with Crippen molar-refractivity contribution in [1.29, 1.82) is 0 Å². The van der Waals surface area contributed by atoms with Crippen molar-refractivity contribution in [2.75, 3.05) is 0 Å². The quantitative estimate of drug-likeness (QED) is 0.646. The Hall–Kier alpha value is -0.100. The third kappa shape index (κ3) is 1.93. The first-order valence-corrected chi connectivity index (χ1v) is 4.20. The fraction of sp³-hybridized carbons (Fsp3) is 0. The van der Waals surface area contributed by atoms with E-state index >= 15 is 0 Å². The molecule has 0 spiro atoms. The standard InChI is InChI=1S/C7H5Cl2OP/c8-4-2-1-3-5(9)6(4)7(10)11/h1-3H,11H2. The summed E-state index contributed by atoms with van der Waals surface area (Å²) in [6, 6.07) is 4.96. The largest absolute Gasteiger partial charge is 0.290 e. The van der Waals surface area contributed by atoms with Crippen molar-refractivity contribution >= 4 is 38.0 Å². The Morgan fingerprint density at radius 3 is 2.00 bits per heavy atom. The maximum atomic E-state index is 10.9. The molecule has 1 atom stereocenters. The second kappa shape index (κ2) is 3.53. The van der Waals surface area contributed by atoms with Crippen molar-refractivity contribution in [3.63, 3.8) is 0 Å². The number of hydrogen-bond acceptors (Lipinski definition) is 1. The van der Waals surface area contributed by atoms with E-state index in [9.17, 15) is 4.79 Å². The predicted molar refractivity (Wildman–Crippen MR) is 50.5 cm³/mol. The van der Waals surface area contributed by atoms with Crippen LogP contribution in [0.5, 0.6) is 0 Å². The second-order valence-corrected chi connectivity index (χ2v) is 3.30. The SMILES string of the molecule is O=C(P)c1c(Cl)cccc1Cl. The molecule has 11 heavy (non-hydrogen) atoms. The summed E-state index contributed by atoms with van der Waals surface area (Å²) in [4.78, 5) is 10.9. The molecular formula is C7H5Cl2OP. The van der Waals surface area contributed by atoms with Gasteiger partial charge in [0.25, 0.3) is 0 Å². The van der Waals surface area contributed by atoms with E-state index in [1.54, 1.807) is 18.2 Å². The van der Waals surface area contributed by atoms with Crippen LogP contribution < -0.4 is 0 Å². The Morgan fingerprint density at radius 1 is 1.27 bits per heavy atom. The van der Waals surface area contributed by atoms with Crippen molar-refractivity contribution < 1.29 is 4.79 Å². The number of hydrogen-bond donors (Lipinski definition) is 0. The first-order valence-electron chi connectivity index (χ1n) is 2.86. The third-order valence-electron chi connectivity index (χ3n) is 1.21. The summed E-state index contributed by atoms with van der Waals surface area (Å²) in [6.07, 6.45) is 0. The van der Waals surface area contributed by atoms with Crippen LogP contribution in [0, 0.1) is 0 Å². The Labute approximate surface area is 76.9 Å². The van der Waals surface area contributed by atoms with Gasteiger partial charge in [-0.05, 0) is 12.1 Å². The summed E-state index contributed by atoms with van der Waals surface area (Å²) in [5, 5.41) is 0.773. The van der Waals surface area contributed by atoms with E-state index in [4.69, 9.17) is 23.2 Å². The van der Waals surface area contributed by atoms with E-state index in [1.807, 2.05) is 9.24 Å². The van der Waals surface area contributed by atoms with Gasteiger partial charge in [0.05, 0.1) is 15.6 Å². The molecule has 0 radical (unpaired) electrons. The van der Waals surface area contributed by atoms with Gasteiger partial charge in [0.2, 0.25) is 0 Å². The summed E-state index contributed by atoms with van der Waals surface area (Å²) in [5.74, 6) is 0. The minimum Gasteiger partial charge on any atom is -0.290 e. The average Bonchev–Trinajstić information content (AvgIpc) is 1.85. The predicted octanol–water partition coefficient (Wildman–Crippen LogP) is 3.01. The molecule has 0 saturated carbocycles. The van der Waals surface area contributed by atoms with Crippen LogP contribution in [-0.2, 0) is 0 Å². The van der Waals surface area contributed by atoms with Crippen LogP contribution in [-0.4, -0.2) is 5.52 Å². The molecule has 58 valence electrons. The van der Waals surface area contributed by atoms with Gasteiger partial charge in [-0.3, -0.25) is 4.79 Å². The van der Waals surface area contributed by atoms with Gasteiger partial charge >= 0.3 is 0 Å². The van der Waals surface area contributed by atoms with Crippen LogP contribution in [0.15, 0.2) is 18.2 Å². The van der Waals surface area contributed by atoms with Gasteiger partial charge in [-0.1, -0.05) is 38.5 Å². The van der Waals surface area contributed by atoms with Crippen molar-refractivity contribution in [3.05, 3.63) is 33.8 Å². The van der Waals surface area contributed by atoms with Gasteiger partial charge in [-0.25, -0.2) is 0 Å². The summed E-state index contributed by atoms with van der Waals surface area (Å²) in [5.41, 5.74) is 0.168. The number of carbonyl (C=O) groups is 1. The van der Waals surface area contributed by atoms with E-state index in [0.29, 0.717) is 15.6 Å². The second-order valence-electron chi connectivity index (χ2n) is 1.96.